The predicted octanol–water partition coefficient (Wildman–Crippen LogP) is 2.56. The van der Waals surface area contributed by atoms with Crippen molar-refractivity contribution in [2.24, 2.45) is 11.8 Å². The molecular weight excluding hydrogens is 176 g/mol. The summed E-state index contributed by atoms with van der Waals surface area (Å²) in [4.78, 5) is 11.9. The normalized spacial score (nSPS) is 24.8. The van der Waals surface area contributed by atoms with E-state index in [0.29, 0.717) is 17.8 Å². The van der Waals surface area contributed by atoms with Gasteiger partial charge in [0.25, 0.3) is 0 Å². The van der Waals surface area contributed by atoms with Crippen LogP contribution in [-0.4, -0.2) is 18.0 Å². The van der Waals surface area contributed by atoms with Crippen molar-refractivity contribution in [2.75, 3.05) is 0 Å². The summed E-state index contributed by atoms with van der Waals surface area (Å²) in [5, 5.41) is 0. The number of ketones is 1. The molecule has 0 amide bonds. The monoisotopic (exact) mass is 196 g/mol. The second kappa shape index (κ2) is 4.01. The fourth-order valence-electron chi connectivity index (χ4n) is 1.85. The first-order valence-corrected chi connectivity index (χ1v) is 5.87. The summed E-state index contributed by atoms with van der Waals surface area (Å²) in [7, 11) is 0. The number of hydrogen-bond acceptors (Lipinski definition) is 2. The van der Waals surface area contributed by atoms with Gasteiger partial charge in [-0.25, -0.2) is 0 Å². The van der Waals surface area contributed by atoms with E-state index in [-0.39, 0.29) is 12.0 Å². The van der Waals surface area contributed by atoms with Crippen molar-refractivity contribution < 1.29 is 9.53 Å². The Hall–Kier alpha value is -0.370. The highest BCUT2D eigenvalue weighted by molar-refractivity contribution is 5.85. The highest BCUT2D eigenvalue weighted by Gasteiger charge is 2.39. The third kappa shape index (κ3) is 2.17. The molecule has 2 aliphatic carbocycles. The largest absolute Gasteiger partial charge is 0.367 e. The average molecular weight is 196 g/mol. The lowest BCUT2D eigenvalue weighted by Crippen LogP contribution is -2.36. The topological polar surface area (TPSA) is 26.3 Å². The van der Waals surface area contributed by atoms with E-state index in [9.17, 15) is 4.79 Å². The molecule has 0 spiro atoms. The molecule has 0 bridgehead atoms. The molecule has 2 aliphatic rings. The lowest BCUT2D eigenvalue weighted by Gasteiger charge is -2.30. The summed E-state index contributed by atoms with van der Waals surface area (Å²) in [5.74, 6) is 0.991. The Morgan fingerprint density at radius 3 is 2.21 bits per heavy atom. The molecule has 80 valence electrons. The molecule has 2 heteroatoms. The second-order valence-corrected chi connectivity index (χ2v) is 5.00. The van der Waals surface area contributed by atoms with Gasteiger partial charge in [-0.2, -0.15) is 0 Å². The van der Waals surface area contributed by atoms with Crippen LogP contribution >= 0.6 is 0 Å². The molecular formula is C12H20O2. The minimum Gasteiger partial charge on any atom is -0.367 e. The van der Waals surface area contributed by atoms with Crippen molar-refractivity contribution in [2.45, 2.75) is 58.2 Å². The summed E-state index contributed by atoms with van der Waals surface area (Å²) in [5.41, 5.74) is 0. The maximum atomic E-state index is 11.9. The van der Waals surface area contributed by atoms with Crippen molar-refractivity contribution in [3.8, 4) is 0 Å². The van der Waals surface area contributed by atoms with Gasteiger partial charge in [0.1, 0.15) is 6.10 Å². The zero-order valence-corrected chi connectivity index (χ0v) is 9.16. The zero-order valence-electron chi connectivity index (χ0n) is 9.16. The van der Waals surface area contributed by atoms with Crippen molar-refractivity contribution in [3.05, 3.63) is 0 Å². The Kier molecular flexibility index (Phi) is 2.91. The maximum absolute atomic E-state index is 11.9. The standard InChI is InChI=1S/C12H20O2/c1-8(2)11(13)12(9-6-7-9)14-10-4-3-5-10/h8-10,12H,3-7H2,1-2H3/t12-/m0/s1. The molecule has 1 atom stereocenters. The van der Waals surface area contributed by atoms with E-state index in [2.05, 4.69) is 0 Å². The fraction of sp³-hybridized carbons (Fsp3) is 0.917. The van der Waals surface area contributed by atoms with Gasteiger partial charge >= 0.3 is 0 Å². The minimum atomic E-state index is -0.0692. The predicted molar refractivity (Wildman–Crippen MR) is 55.1 cm³/mol. The van der Waals surface area contributed by atoms with E-state index >= 15 is 0 Å². The summed E-state index contributed by atoms with van der Waals surface area (Å²) in [6.45, 7) is 3.95. The number of carbonyl (C=O) groups is 1. The zero-order chi connectivity index (χ0) is 10.1. The number of Topliss-reactive ketones (excluding diaryl/α,β-unsaturated/α-hetero) is 1. The highest BCUT2D eigenvalue weighted by atomic mass is 16.5. The SMILES string of the molecule is CC(C)C(=O)[C@@H](OC1CCC1)C1CC1. The van der Waals surface area contributed by atoms with Crippen molar-refractivity contribution in [1.29, 1.82) is 0 Å². The lowest BCUT2D eigenvalue weighted by molar-refractivity contribution is -0.143. The molecule has 0 unspecified atom stereocenters. The van der Waals surface area contributed by atoms with Crippen molar-refractivity contribution in [3.63, 3.8) is 0 Å². The number of rotatable bonds is 5. The van der Waals surface area contributed by atoms with Gasteiger partial charge in [-0.1, -0.05) is 13.8 Å². The summed E-state index contributed by atoms with van der Waals surface area (Å²) in [6.07, 6.45) is 6.30. The maximum Gasteiger partial charge on any atom is 0.164 e. The molecule has 2 saturated carbocycles. The molecule has 0 aliphatic heterocycles. The first-order chi connectivity index (χ1) is 6.68. The second-order valence-electron chi connectivity index (χ2n) is 5.00. The van der Waals surface area contributed by atoms with Crippen LogP contribution < -0.4 is 0 Å². The van der Waals surface area contributed by atoms with E-state index in [4.69, 9.17) is 4.74 Å². The summed E-state index contributed by atoms with van der Waals surface area (Å²) >= 11 is 0. The molecule has 14 heavy (non-hydrogen) atoms. The van der Waals surface area contributed by atoms with E-state index < -0.39 is 0 Å². The third-order valence-electron chi connectivity index (χ3n) is 3.29. The van der Waals surface area contributed by atoms with E-state index in [0.717, 1.165) is 12.8 Å². The van der Waals surface area contributed by atoms with Crippen LogP contribution in [0.4, 0.5) is 0 Å². The van der Waals surface area contributed by atoms with Gasteiger partial charge in [0.15, 0.2) is 5.78 Å². The van der Waals surface area contributed by atoms with Gasteiger partial charge in [0.05, 0.1) is 6.10 Å². The van der Waals surface area contributed by atoms with E-state index in [1.54, 1.807) is 0 Å². The van der Waals surface area contributed by atoms with Crippen LogP contribution in [-0.2, 0) is 9.53 Å². The van der Waals surface area contributed by atoms with Crippen LogP contribution in [0.3, 0.4) is 0 Å². The Morgan fingerprint density at radius 2 is 1.86 bits per heavy atom. The van der Waals surface area contributed by atoms with Gasteiger partial charge in [0, 0.05) is 5.92 Å². The first kappa shape index (κ1) is 10.2. The number of ether oxygens (including phenoxy) is 1. The van der Waals surface area contributed by atoms with E-state index in [1.165, 1.54) is 19.3 Å². The first-order valence-electron chi connectivity index (χ1n) is 5.87. The summed E-state index contributed by atoms with van der Waals surface area (Å²) in [6, 6.07) is 0. The summed E-state index contributed by atoms with van der Waals surface area (Å²) < 4.78 is 5.88. The number of carbonyl (C=O) groups excluding carboxylic acids is 1. The van der Waals surface area contributed by atoms with Gasteiger partial charge in [0.2, 0.25) is 0 Å². The third-order valence-corrected chi connectivity index (χ3v) is 3.29. The quantitative estimate of drug-likeness (QED) is 0.675. The van der Waals surface area contributed by atoms with Crippen LogP contribution in [0.25, 0.3) is 0 Å². The van der Waals surface area contributed by atoms with Crippen LogP contribution in [0.1, 0.15) is 46.0 Å². The molecule has 2 fully saturated rings. The van der Waals surface area contributed by atoms with Crippen LogP contribution in [0.5, 0.6) is 0 Å². The van der Waals surface area contributed by atoms with Crippen molar-refractivity contribution >= 4 is 5.78 Å². The van der Waals surface area contributed by atoms with Crippen LogP contribution in [0.15, 0.2) is 0 Å². The van der Waals surface area contributed by atoms with Gasteiger partial charge in [-0.3, -0.25) is 4.79 Å². The van der Waals surface area contributed by atoms with Crippen LogP contribution in [0.2, 0.25) is 0 Å². The number of hydrogen-bond donors (Lipinski definition) is 0. The average Bonchev–Trinajstić information content (AvgIpc) is 2.84. The Bertz CT molecular complexity index is 214. The Morgan fingerprint density at radius 1 is 1.21 bits per heavy atom. The fourth-order valence-corrected chi connectivity index (χ4v) is 1.85. The van der Waals surface area contributed by atoms with Crippen molar-refractivity contribution in [1.82, 2.24) is 0 Å². The van der Waals surface area contributed by atoms with Gasteiger partial charge < -0.3 is 4.74 Å². The van der Waals surface area contributed by atoms with Crippen LogP contribution in [0, 0.1) is 11.8 Å². The Balaban J connectivity index is 1.89. The highest BCUT2D eigenvalue weighted by Crippen LogP contribution is 2.38. The molecule has 0 radical (unpaired) electrons. The Labute approximate surface area is 86.0 Å². The lowest BCUT2D eigenvalue weighted by atomic mass is 9.94. The molecule has 0 heterocycles. The molecule has 0 aromatic heterocycles. The molecule has 2 rings (SSSR count). The van der Waals surface area contributed by atoms with Gasteiger partial charge in [-0.05, 0) is 38.0 Å². The van der Waals surface area contributed by atoms with Gasteiger partial charge in [-0.15, -0.1) is 0 Å². The molecule has 0 aromatic carbocycles. The smallest absolute Gasteiger partial charge is 0.164 e. The van der Waals surface area contributed by atoms with E-state index in [1.807, 2.05) is 13.8 Å². The molecule has 2 nitrogen and oxygen atoms in total. The minimum absolute atomic E-state index is 0.0692. The molecule has 0 saturated heterocycles. The molecule has 0 N–H and O–H groups in total. The molecule has 0 aromatic rings.